The number of hydrogen-bond donors (Lipinski definition) is 1. The van der Waals surface area contributed by atoms with Gasteiger partial charge in [0.05, 0.1) is 6.54 Å². The van der Waals surface area contributed by atoms with E-state index >= 15 is 0 Å². The van der Waals surface area contributed by atoms with Gasteiger partial charge in [0.2, 0.25) is 5.89 Å². The Morgan fingerprint density at radius 3 is 2.91 bits per heavy atom. The Morgan fingerprint density at radius 1 is 1.43 bits per heavy atom. The number of carbonyl (C=O) groups is 1. The SMILES string of the molecule is CN(Cc1nc(C(=O)O)co1)C1CCCN(c2ccccc2)C1. The molecule has 1 aromatic carbocycles. The van der Waals surface area contributed by atoms with Crippen LogP contribution >= 0.6 is 0 Å². The first-order chi connectivity index (χ1) is 11.1. The Morgan fingerprint density at radius 2 is 2.22 bits per heavy atom. The molecule has 122 valence electrons. The van der Waals surface area contributed by atoms with E-state index in [0.29, 0.717) is 18.5 Å². The molecule has 1 aliphatic rings. The van der Waals surface area contributed by atoms with Gasteiger partial charge in [0.25, 0.3) is 0 Å². The molecule has 6 nitrogen and oxygen atoms in total. The van der Waals surface area contributed by atoms with Gasteiger partial charge in [-0.3, -0.25) is 4.90 Å². The van der Waals surface area contributed by atoms with Crippen molar-refractivity contribution >= 4 is 11.7 Å². The molecule has 0 amide bonds. The number of nitrogens with zero attached hydrogens (tertiary/aromatic N) is 3. The maximum Gasteiger partial charge on any atom is 0.357 e. The van der Waals surface area contributed by atoms with Gasteiger partial charge in [0.1, 0.15) is 6.26 Å². The number of likely N-dealkylation sites (N-methyl/N-ethyl adjacent to an activating group) is 1. The van der Waals surface area contributed by atoms with Crippen molar-refractivity contribution in [3.8, 4) is 0 Å². The quantitative estimate of drug-likeness (QED) is 0.914. The summed E-state index contributed by atoms with van der Waals surface area (Å²) in [5, 5.41) is 8.90. The third kappa shape index (κ3) is 3.71. The molecule has 23 heavy (non-hydrogen) atoms. The first kappa shape index (κ1) is 15.6. The lowest BCUT2D eigenvalue weighted by molar-refractivity contribution is 0.0690. The minimum atomic E-state index is -1.06. The molecule has 1 fully saturated rings. The summed E-state index contributed by atoms with van der Waals surface area (Å²) in [5.74, 6) is -0.614. The summed E-state index contributed by atoms with van der Waals surface area (Å²) in [6, 6.07) is 10.8. The molecular formula is C17H21N3O3. The van der Waals surface area contributed by atoms with E-state index in [1.54, 1.807) is 0 Å². The van der Waals surface area contributed by atoms with Crippen LogP contribution in [0.5, 0.6) is 0 Å². The molecule has 1 saturated heterocycles. The summed E-state index contributed by atoms with van der Waals surface area (Å²) in [6.45, 7) is 2.53. The van der Waals surface area contributed by atoms with Crippen molar-refractivity contribution in [3.63, 3.8) is 0 Å². The van der Waals surface area contributed by atoms with Crippen LogP contribution in [0.1, 0.15) is 29.2 Å². The lowest BCUT2D eigenvalue weighted by Crippen LogP contribution is -2.46. The Balaban J connectivity index is 1.62. The number of carboxylic acids is 1. The van der Waals surface area contributed by atoms with Gasteiger partial charge in [-0.25, -0.2) is 9.78 Å². The fraction of sp³-hybridized carbons (Fsp3) is 0.412. The Hall–Kier alpha value is -2.34. The zero-order chi connectivity index (χ0) is 16.2. The van der Waals surface area contributed by atoms with E-state index in [2.05, 4.69) is 39.0 Å². The number of hydrogen-bond acceptors (Lipinski definition) is 5. The van der Waals surface area contributed by atoms with Gasteiger partial charge in [0.15, 0.2) is 5.69 Å². The van der Waals surface area contributed by atoms with Crippen molar-refractivity contribution in [3.05, 3.63) is 48.2 Å². The minimum Gasteiger partial charge on any atom is -0.476 e. The highest BCUT2D eigenvalue weighted by atomic mass is 16.4. The summed E-state index contributed by atoms with van der Waals surface area (Å²) >= 11 is 0. The highest BCUT2D eigenvalue weighted by Gasteiger charge is 2.24. The number of para-hydroxylation sites is 1. The molecule has 1 aliphatic heterocycles. The first-order valence-corrected chi connectivity index (χ1v) is 7.81. The average Bonchev–Trinajstić information content (AvgIpc) is 3.04. The molecule has 2 aromatic rings. The fourth-order valence-corrected chi connectivity index (χ4v) is 3.01. The van der Waals surface area contributed by atoms with Crippen molar-refractivity contribution in [2.45, 2.75) is 25.4 Å². The molecule has 0 bridgehead atoms. The predicted molar refractivity (Wildman–Crippen MR) is 86.6 cm³/mol. The Labute approximate surface area is 135 Å². The van der Waals surface area contributed by atoms with Gasteiger partial charge in [-0.15, -0.1) is 0 Å². The lowest BCUT2D eigenvalue weighted by atomic mass is 10.0. The Bertz CT molecular complexity index is 656. The van der Waals surface area contributed by atoms with Crippen LogP contribution in [0.15, 0.2) is 41.0 Å². The number of aromatic nitrogens is 1. The van der Waals surface area contributed by atoms with Crippen LogP contribution in [-0.2, 0) is 6.54 Å². The molecule has 6 heteroatoms. The van der Waals surface area contributed by atoms with E-state index in [1.807, 2.05) is 13.1 Å². The highest BCUT2D eigenvalue weighted by Crippen LogP contribution is 2.22. The second kappa shape index (κ2) is 6.83. The number of benzene rings is 1. The third-order valence-corrected chi connectivity index (χ3v) is 4.30. The van der Waals surface area contributed by atoms with E-state index in [9.17, 15) is 4.79 Å². The smallest absolute Gasteiger partial charge is 0.357 e. The van der Waals surface area contributed by atoms with Crippen molar-refractivity contribution in [2.24, 2.45) is 0 Å². The van der Waals surface area contributed by atoms with E-state index in [-0.39, 0.29) is 5.69 Å². The first-order valence-electron chi connectivity index (χ1n) is 7.81. The maximum atomic E-state index is 10.9. The summed E-state index contributed by atoms with van der Waals surface area (Å²) in [6.07, 6.45) is 3.45. The summed E-state index contributed by atoms with van der Waals surface area (Å²) in [7, 11) is 2.03. The average molecular weight is 315 g/mol. The van der Waals surface area contributed by atoms with E-state index in [0.717, 1.165) is 25.9 Å². The number of carboxylic acid groups (broad SMARTS) is 1. The molecular weight excluding hydrogens is 294 g/mol. The van der Waals surface area contributed by atoms with Gasteiger partial charge < -0.3 is 14.4 Å². The zero-order valence-corrected chi connectivity index (χ0v) is 13.2. The van der Waals surface area contributed by atoms with Crippen LogP contribution in [0.25, 0.3) is 0 Å². The van der Waals surface area contributed by atoms with Crippen molar-refractivity contribution in [1.82, 2.24) is 9.88 Å². The van der Waals surface area contributed by atoms with Gasteiger partial charge in [0, 0.05) is 24.8 Å². The molecule has 1 N–H and O–H groups in total. The van der Waals surface area contributed by atoms with Crippen LogP contribution in [0, 0.1) is 0 Å². The lowest BCUT2D eigenvalue weighted by Gasteiger charge is -2.38. The molecule has 3 rings (SSSR count). The maximum absolute atomic E-state index is 10.9. The molecule has 0 saturated carbocycles. The van der Waals surface area contributed by atoms with Crippen molar-refractivity contribution in [2.75, 3.05) is 25.0 Å². The Kier molecular flexibility index (Phi) is 4.62. The number of anilines is 1. The fourth-order valence-electron chi connectivity index (χ4n) is 3.01. The number of oxazole rings is 1. The number of rotatable bonds is 5. The van der Waals surface area contributed by atoms with Crippen LogP contribution in [0.3, 0.4) is 0 Å². The molecule has 0 radical (unpaired) electrons. The van der Waals surface area contributed by atoms with Crippen LogP contribution < -0.4 is 4.90 Å². The molecule has 2 heterocycles. The molecule has 0 aliphatic carbocycles. The second-order valence-corrected chi connectivity index (χ2v) is 5.92. The molecule has 1 atom stereocenters. The second-order valence-electron chi connectivity index (χ2n) is 5.92. The van der Waals surface area contributed by atoms with Crippen molar-refractivity contribution < 1.29 is 14.3 Å². The zero-order valence-electron chi connectivity index (χ0n) is 13.2. The van der Waals surface area contributed by atoms with Crippen LogP contribution in [0.2, 0.25) is 0 Å². The van der Waals surface area contributed by atoms with Gasteiger partial charge in [-0.05, 0) is 32.0 Å². The standard InChI is InChI=1S/C17H21N3O3/c1-19(11-16-18-15(12-23-16)17(21)22)14-8-5-9-20(10-14)13-6-3-2-4-7-13/h2-4,6-7,12,14H,5,8-11H2,1H3,(H,21,22). The van der Waals surface area contributed by atoms with Gasteiger partial charge in [-0.1, -0.05) is 18.2 Å². The number of piperidine rings is 1. The monoisotopic (exact) mass is 315 g/mol. The summed E-state index contributed by atoms with van der Waals surface area (Å²) in [5.41, 5.74) is 1.21. The largest absolute Gasteiger partial charge is 0.476 e. The van der Waals surface area contributed by atoms with Gasteiger partial charge >= 0.3 is 5.97 Å². The topological polar surface area (TPSA) is 69.8 Å². The predicted octanol–water partition coefficient (Wildman–Crippen LogP) is 2.47. The molecule has 0 spiro atoms. The van der Waals surface area contributed by atoms with E-state index < -0.39 is 5.97 Å². The molecule has 1 unspecified atom stereocenters. The van der Waals surface area contributed by atoms with Crippen molar-refractivity contribution in [1.29, 1.82) is 0 Å². The van der Waals surface area contributed by atoms with Crippen LogP contribution in [-0.4, -0.2) is 47.1 Å². The highest BCUT2D eigenvalue weighted by molar-refractivity contribution is 5.84. The molecule has 1 aromatic heterocycles. The minimum absolute atomic E-state index is 0.0389. The van der Waals surface area contributed by atoms with Crippen LogP contribution in [0.4, 0.5) is 5.69 Å². The number of aromatic carboxylic acids is 1. The summed E-state index contributed by atoms with van der Waals surface area (Å²) in [4.78, 5) is 19.4. The normalized spacial score (nSPS) is 18.3. The van der Waals surface area contributed by atoms with E-state index in [4.69, 9.17) is 9.52 Å². The summed E-state index contributed by atoms with van der Waals surface area (Å²) < 4.78 is 5.25. The third-order valence-electron chi connectivity index (χ3n) is 4.30. The van der Waals surface area contributed by atoms with Gasteiger partial charge in [-0.2, -0.15) is 0 Å². The van der Waals surface area contributed by atoms with E-state index in [1.165, 1.54) is 12.0 Å².